The molecule has 0 aromatic heterocycles. The molecule has 1 aliphatic heterocycles. The molecule has 144 valence electrons. The molecule has 1 saturated heterocycles. The Labute approximate surface area is 164 Å². The fraction of sp³-hybridized carbons (Fsp3) is 0.650. The third-order valence-corrected chi connectivity index (χ3v) is 6.46. The fourth-order valence-corrected chi connectivity index (χ4v) is 5.75. The fourth-order valence-electron chi connectivity index (χ4n) is 5.13. The minimum Gasteiger partial charge on any atom is -0.493 e. The Hall–Kier alpha value is -1.43. The van der Waals surface area contributed by atoms with Crippen molar-refractivity contribution in [2.45, 2.75) is 46.1 Å². The molecule has 2 fully saturated rings. The molecule has 2 aliphatic rings. The van der Waals surface area contributed by atoms with Crippen LogP contribution in [0.1, 0.15) is 50.4 Å². The lowest BCUT2D eigenvalue weighted by molar-refractivity contribution is 0.0706. The topological polar surface area (TPSA) is 48.0 Å². The number of hydrogen-bond acceptors (Lipinski definition) is 4. The summed E-state index contributed by atoms with van der Waals surface area (Å²) in [5.41, 5.74) is 1.00. The highest BCUT2D eigenvalue weighted by atomic mass is 79.9. The molecule has 1 aromatic carbocycles. The molecule has 6 heteroatoms. The maximum absolute atomic E-state index is 13.4. The van der Waals surface area contributed by atoms with Crippen LogP contribution < -0.4 is 14.2 Å². The van der Waals surface area contributed by atoms with Gasteiger partial charge in [-0.3, -0.25) is 4.79 Å². The molecular weight excluding hydrogens is 398 g/mol. The molecule has 1 saturated carbocycles. The minimum atomic E-state index is 0.0163. The number of rotatable bonds is 4. The van der Waals surface area contributed by atoms with Crippen molar-refractivity contribution in [1.82, 2.24) is 4.90 Å². The maximum Gasteiger partial charge on any atom is 0.255 e. The number of nitrogens with zero attached hydrogens (tertiary/aromatic N) is 1. The number of carbonyl (C=O) groups is 1. The van der Waals surface area contributed by atoms with E-state index in [1.165, 1.54) is 0 Å². The number of carbonyl (C=O) groups excluding carboxylic acids is 1. The highest BCUT2D eigenvalue weighted by Crippen LogP contribution is 2.53. The van der Waals surface area contributed by atoms with Gasteiger partial charge < -0.3 is 19.1 Å². The number of fused-ring (bicyclic) bond motifs is 2. The Morgan fingerprint density at radius 3 is 2.35 bits per heavy atom. The molecule has 2 unspecified atom stereocenters. The van der Waals surface area contributed by atoms with Crippen molar-refractivity contribution in [3.05, 3.63) is 16.1 Å². The average molecular weight is 426 g/mol. The summed E-state index contributed by atoms with van der Waals surface area (Å²) in [4.78, 5) is 15.5. The van der Waals surface area contributed by atoms with Crippen molar-refractivity contribution in [3.8, 4) is 17.2 Å². The van der Waals surface area contributed by atoms with Crippen molar-refractivity contribution in [2.75, 3.05) is 27.9 Å². The molecule has 5 nitrogen and oxygen atoms in total. The van der Waals surface area contributed by atoms with Gasteiger partial charge in [-0.05, 0) is 52.1 Å². The second-order valence-corrected chi connectivity index (χ2v) is 9.45. The number of amides is 1. The van der Waals surface area contributed by atoms with E-state index < -0.39 is 0 Å². The molecule has 3 rings (SSSR count). The number of likely N-dealkylation sites (tertiary alicyclic amines) is 1. The van der Waals surface area contributed by atoms with E-state index in [0.717, 1.165) is 25.8 Å². The minimum absolute atomic E-state index is 0.0163. The van der Waals surface area contributed by atoms with Gasteiger partial charge in [0.25, 0.3) is 5.91 Å². The van der Waals surface area contributed by atoms with Crippen LogP contribution in [0.15, 0.2) is 10.5 Å². The van der Waals surface area contributed by atoms with Crippen LogP contribution >= 0.6 is 15.9 Å². The van der Waals surface area contributed by atoms with Crippen LogP contribution in [0, 0.1) is 10.8 Å². The second kappa shape index (κ2) is 6.63. The molecule has 1 amide bonds. The van der Waals surface area contributed by atoms with Gasteiger partial charge in [-0.25, -0.2) is 0 Å². The van der Waals surface area contributed by atoms with E-state index >= 15 is 0 Å². The smallest absolute Gasteiger partial charge is 0.255 e. The van der Waals surface area contributed by atoms with E-state index in [-0.39, 0.29) is 22.8 Å². The van der Waals surface area contributed by atoms with Gasteiger partial charge in [0, 0.05) is 12.6 Å². The van der Waals surface area contributed by atoms with Gasteiger partial charge >= 0.3 is 0 Å². The Balaban J connectivity index is 2.01. The zero-order valence-electron chi connectivity index (χ0n) is 16.4. The normalized spacial score (nSPS) is 26.6. The standard InChI is InChI=1S/C20H28BrNO4/c1-19(2)8-12-9-20(3,10-19)11-22(12)18(23)13-7-14(24-4)16(25-5)17(26-6)15(13)21/h7,12H,8-11H2,1-6H3. The predicted molar refractivity (Wildman–Crippen MR) is 104 cm³/mol. The summed E-state index contributed by atoms with van der Waals surface area (Å²) in [5.74, 6) is 1.46. The number of methoxy groups -OCH3 is 3. The summed E-state index contributed by atoms with van der Waals surface area (Å²) in [5, 5.41) is 0. The first-order chi connectivity index (χ1) is 12.1. The van der Waals surface area contributed by atoms with Gasteiger partial charge in [0.05, 0.1) is 31.4 Å². The first-order valence-corrected chi connectivity index (χ1v) is 9.73. The quantitative estimate of drug-likeness (QED) is 0.711. The van der Waals surface area contributed by atoms with Gasteiger partial charge in [-0.1, -0.05) is 20.8 Å². The summed E-state index contributed by atoms with van der Waals surface area (Å²) in [6.45, 7) is 7.71. The number of hydrogen-bond donors (Lipinski definition) is 0. The Morgan fingerprint density at radius 2 is 1.77 bits per heavy atom. The second-order valence-electron chi connectivity index (χ2n) is 8.65. The lowest BCUT2D eigenvalue weighted by Crippen LogP contribution is -2.37. The van der Waals surface area contributed by atoms with Crippen molar-refractivity contribution in [2.24, 2.45) is 10.8 Å². The van der Waals surface area contributed by atoms with Crippen LogP contribution in [0.2, 0.25) is 0 Å². The highest BCUT2D eigenvalue weighted by Gasteiger charge is 2.51. The Kier molecular flexibility index (Phi) is 4.93. The zero-order valence-corrected chi connectivity index (χ0v) is 18.0. The number of halogens is 1. The zero-order chi connectivity index (χ0) is 19.3. The van der Waals surface area contributed by atoms with E-state index in [2.05, 4.69) is 36.7 Å². The molecule has 2 atom stereocenters. The van der Waals surface area contributed by atoms with E-state index in [0.29, 0.717) is 27.3 Å². The Morgan fingerprint density at radius 1 is 1.12 bits per heavy atom. The number of ether oxygens (including phenoxy) is 3. The van der Waals surface area contributed by atoms with Crippen molar-refractivity contribution < 1.29 is 19.0 Å². The first kappa shape index (κ1) is 19.3. The van der Waals surface area contributed by atoms with Crippen molar-refractivity contribution >= 4 is 21.8 Å². The molecule has 1 aliphatic carbocycles. The van der Waals surface area contributed by atoms with Crippen LogP contribution in [0.5, 0.6) is 17.2 Å². The third kappa shape index (κ3) is 3.17. The summed E-state index contributed by atoms with van der Waals surface area (Å²) in [7, 11) is 4.68. The predicted octanol–water partition coefficient (Wildman–Crippen LogP) is 4.52. The van der Waals surface area contributed by atoms with E-state index in [1.807, 2.05) is 4.90 Å². The molecular formula is C20H28BrNO4. The van der Waals surface area contributed by atoms with Gasteiger partial charge in [-0.15, -0.1) is 0 Å². The van der Waals surface area contributed by atoms with Crippen LogP contribution in [0.4, 0.5) is 0 Å². The molecule has 0 N–H and O–H groups in total. The maximum atomic E-state index is 13.4. The molecule has 0 radical (unpaired) electrons. The first-order valence-electron chi connectivity index (χ1n) is 8.94. The lowest BCUT2D eigenvalue weighted by Gasteiger charge is -2.39. The van der Waals surface area contributed by atoms with Crippen LogP contribution in [0.3, 0.4) is 0 Å². The van der Waals surface area contributed by atoms with E-state index in [4.69, 9.17) is 14.2 Å². The van der Waals surface area contributed by atoms with E-state index in [9.17, 15) is 4.79 Å². The summed E-state index contributed by atoms with van der Waals surface area (Å²) in [6.07, 6.45) is 3.26. The summed E-state index contributed by atoms with van der Waals surface area (Å²) in [6, 6.07) is 2.02. The molecule has 26 heavy (non-hydrogen) atoms. The average Bonchev–Trinajstić information content (AvgIpc) is 2.82. The van der Waals surface area contributed by atoms with E-state index in [1.54, 1.807) is 27.4 Å². The van der Waals surface area contributed by atoms with Gasteiger partial charge in [0.15, 0.2) is 11.5 Å². The molecule has 2 bridgehead atoms. The van der Waals surface area contributed by atoms with Gasteiger partial charge in [0.2, 0.25) is 5.75 Å². The molecule has 0 spiro atoms. The van der Waals surface area contributed by atoms with Gasteiger partial charge in [-0.2, -0.15) is 0 Å². The van der Waals surface area contributed by atoms with Crippen molar-refractivity contribution in [3.63, 3.8) is 0 Å². The monoisotopic (exact) mass is 425 g/mol. The molecule has 1 heterocycles. The van der Waals surface area contributed by atoms with Crippen LogP contribution in [-0.4, -0.2) is 44.7 Å². The molecule has 1 aromatic rings. The summed E-state index contributed by atoms with van der Waals surface area (Å²) >= 11 is 3.54. The SMILES string of the molecule is COc1cc(C(=O)N2CC3(C)CC2CC(C)(C)C3)c(Br)c(OC)c1OC. The largest absolute Gasteiger partial charge is 0.493 e. The Bertz CT molecular complexity index is 733. The number of benzene rings is 1. The van der Waals surface area contributed by atoms with Crippen LogP contribution in [-0.2, 0) is 0 Å². The summed E-state index contributed by atoms with van der Waals surface area (Å²) < 4.78 is 16.9. The highest BCUT2D eigenvalue weighted by molar-refractivity contribution is 9.10. The third-order valence-electron chi connectivity index (χ3n) is 5.68. The van der Waals surface area contributed by atoms with Gasteiger partial charge in [0.1, 0.15) is 0 Å². The van der Waals surface area contributed by atoms with Crippen molar-refractivity contribution in [1.29, 1.82) is 0 Å². The van der Waals surface area contributed by atoms with Crippen LogP contribution in [0.25, 0.3) is 0 Å². The lowest BCUT2D eigenvalue weighted by atomic mass is 9.65.